The second kappa shape index (κ2) is 3.37. The topological polar surface area (TPSA) is 33.5 Å². The first-order valence-corrected chi connectivity index (χ1v) is 5.52. The molecule has 16 heavy (non-hydrogen) atoms. The normalized spacial score (nSPS) is 19.8. The number of benzene rings is 1. The van der Waals surface area contributed by atoms with Crippen molar-refractivity contribution in [3.05, 3.63) is 35.6 Å². The van der Waals surface area contributed by atoms with Crippen molar-refractivity contribution < 1.29 is 9.21 Å². The van der Waals surface area contributed by atoms with E-state index in [1.807, 2.05) is 25.1 Å². The maximum atomic E-state index is 10.9. The summed E-state index contributed by atoms with van der Waals surface area (Å²) in [5, 5.41) is 1.19. The van der Waals surface area contributed by atoms with Crippen molar-refractivity contribution in [2.75, 3.05) is 6.54 Å². The summed E-state index contributed by atoms with van der Waals surface area (Å²) in [6.45, 7) is 2.79. The Hall–Kier alpha value is -1.77. The van der Waals surface area contributed by atoms with Gasteiger partial charge in [0.25, 0.3) is 0 Å². The molecular formula is C13H13NO2. The Bertz CT molecular complexity index is 544. The molecule has 1 unspecified atom stereocenters. The molecule has 0 aliphatic carbocycles. The van der Waals surface area contributed by atoms with Crippen molar-refractivity contribution in [3.63, 3.8) is 0 Å². The Morgan fingerprint density at radius 3 is 3.06 bits per heavy atom. The van der Waals surface area contributed by atoms with Crippen LogP contribution in [-0.4, -0.2) is 17.9 Å². The molecule has 1 amide bonds. The number of hydrogen-bond donors (Lipinski definition) is 0. The Morgan fingerprint density at radius 1 is 1.44 bits per heavy atom. The Morgan fingerprint density at radius 2 is 2.25 bits per heavy atom. The standard InChI is InChI=1S/C13H13NO2/c1-9-13-11(6-7-14(9)8-15)10-4-2-3-5-12(10)16-13/h2-5,8-9H,6-7H2,1H3. The lowest BCUT2D eigenvalue weighted by atomic mass is 9.99. The van der Waals surface area contributed by atoms with Crippen LogP contribution in [0.5, 0.6) is 0 Å². The van der Waals surface area contributed by atoms with Gasteiger partial charge in [0.1, 0.15) is 11.3 Å². The predicted molar refractivity (Wildman–Crippen MR) is 61.1 cm³/mol. The zero-order chi connectivity index (χ0) is 11.1. The molecule has 82 valence electrons. The van der Waals surface area contributed by atoms with Gasteiger partial charge in [-0.2, -0.15) is 0 Å². The number of carbonyl (C=O) groups is 1. The Labute approximate surface area is 93.6 Å². The lowest BCUT2D eigenvalue weighted by Gasteiger charge is -2.28. The lowest BCUT2D eigenvalue weighted by Crippen LogP contribution is -2.31. The molecule has 3 heteroatoms. The molecule has 0 N–H and O–H groups in total. The molecule has 2 aromatic rings. The molecule has 0 bridgehead atoms. The van der Waals surface area contributed by atoms with Gasteiger partial charge in [0.2, 0.25) is 6.41 Å². The number of nitrogens with zero attached hydrogens (tertiary/aromatic N) is 1. The van der Waals surface area contributed by atoms with Crippen molar-refractivity contribution in [1.82, 2.24) is 4.90 Å². The fraction of sp³-hybridized carbons (Fsp3) is 0.308. The van der Waals surface area contributed by atoms with Crippen molar-refractivity contribution in [2.24, 2.45) is 0 Å². The number of rotatable bonds is 1. The summed E-state index contributed by atoms with van der Waals surface area (Å²) in [5.41, 5.74) is 2.19. The first kappa shape index (κ1) is 9.46. The summed E-state index contributed by atoms with van der Waals surface area (Å²) in [6.07, 6.45) is 1.79. The van der Waals surface area contributed by atoms with E-state index in [2.05, 4.69) is 6.07 Å². The SMILES string of the molecule is CC1c2oc3ccccc3c2CCN1C=O. The highest BCUT2D eigenvalue weighted by molar-refractivity contribution is 5.82. The minimum absolute atomic E-state index is 0.0497. The van der Waals surface area contributed by atoms with Crippen LogP contribution in [0, 0.1) is 0 Å². The number of amides is 1. The van der Waals surface area contributed by atoms with Crippen molar-refractivity contribution in [2.45, 2.75) is 19.4 Å². The van der Waals surface area contributed by atoms with Gasteiger partial charge >= 0.3 is 0 Å². The van der Waals surface area contributed by atoms with Gasteiger partial charge in [0.05, 0.1) is 6.04 Å². The molecule has 1 aromatic heterocycles. The first-order chi connectivity index (χ1) is 7.81. The van der Waals surface area contributed by atoms with Crippen LogP contribution >= 0.6 is 0 Å². The third kappa shape index (κ3) is 1.18. The van der Waals surface area contributed by atoms with Gasteiger partial charge in [-0.3, -0.25) is 4.79 Å². The number of hydrogen-bond acceptors (Lipinski definition) is 2. The summed E-state index contributed by atoms with van der Waals surface area (Å²) in [4.78, 5) is 12.7. The smallest absolute Gasteiger partial charge is 0.210 e. The third-order valence-electron chi connectivity index (χ3n) is 3.36. The van der Waals surface area contributed by atoms with Gasteiger partial charge in [-0.1, -0.05) is 18.2 Å². The molecule has 0 fully saturated rings. The van der Waals surface area contributed by atoms with E-state index in [-0.39, 0.29) is 6.04 Å². The van der Waals surface area contributed by atoms with Gasteiger partial charge in [-0.25, -0.2) is 0 Å². The maximum Gasteiger partial charge on any atom is 0.210 e. The summed E-state index contributed by atoms with van der Waals surface area (Å²) >= 11 is 0. The molecule has 1 aromatic carbocycles. The van der Waals surface area contributed by atoms with E-state index in [1.54, 1.807) is 4.90 Å². The van der Waals surface area contributed by atoms with Crippen molar-refractivity contribution in [3.8, 4) is 0 Å². The minimum Gasteiger partial charge on any atom is -0.459 e. The highest BCUT2D eigenvalue weighted by Gasteiger charge is 2.27. The van der Waals surface area contributed by atoms with Crippen LogP contribution in [-0.2, 0) is 11.2 Å². The monoisotopic (exact) mass is 215 g/mol. The molecule has 1 aliphatic rings. The maximum absolute atomic E-state index is 10.9. The van der Waals surface area contributed by atoms with Crippen LogP contribution in [0.1, 0.15) is 24.3 Å². The van der Waals surface area contributed by atoms with Gasteiger partial charge < -0.3 is 9.32 Å². The molecule has 3 rings (SSSR count). The second-order valence-corrected chi connectivity index (χ2v) is 4.21. The molecule has 3 nitrogen and oxygen atoms in total. The zero-order valence-corrected chi connectivity index (χ0v) is 9.14. The van der Waals surface area contributed by atoms with E-state index in [1.165, 1.54) is 10.9 Å². The summed E-state index contributed by atoms with van der Waals surface area (Å²) in [7, 11) is 0. The van der Waals surface area contributed by atoms with Gasteiger partial charge in [0.15, 0.2) is 0 Å². The largest absolute Gasteiger partial charge is 0.459 e. The fourth-order valence-corrected chi connectivity index (χ4v) is 2.44. The van der Waals surface area contributed by atoms with Crippen LogP contribution in [0.3, 0.4) is 0 Å². The quantitative estimate of drug-likeness (QED) is 0.685. The zero-order valence-electron chi connectivity index (χ0n) is 9.14. The predicted octanol–water partition coefficient (Wildman–Crippen LogP) is 2.51. The number of furan rings is 1. The molecule has 0 spiro atoms. The van der Waals surface area contributed by atoms with Crippen LogP contribution < -0.4 is 0 Å². The van der Waals surface area contributed by atoms with Crippen LogP contribution in [0.15, 0.2) is 28.7 Å². The Kier molecular flexibility index (Phi) is 1.99. The summed E-state index contributed by atoms with van der Waals surface area (Å²) in [6, 6.07) is 8.11. The second-order valence-electron chi connectivity index (χ2n) is 4.21. The van der Waals surface area contributed by atoms with Crippen molar-refractivity contribution in [1.29, 1.82) is 0 Å². The molecule has 1 aliphatic heterocycles. The van der Waals surface area contributed by atoms with Gasteiger partial charge in [0, 0.05) is 17.5 Å². The highest BCUT2D eigenvalue weighted by atomic mass is 16.3. The van der Waals surface area contributed by atoms with E-state index < -0.39 is 0 Å². The molecule has 1 atom stereocenters. The molecule has 0 saturated carbocycles. The average Bonchev–Trinajstić information content (AvgIpc) is 2.69. The first-order valence-electron chi connectivity index (χ1n) is 5.52. The molecule has 0 radical (unpaired) electrons. The molecular weight excluding hydrogens is 202 g/mol. The van der Waals surface area contributed by atoms with Crippen LogP contribution in [0.4, 0.5) is 0 Å². The van der Waals surface area contributed by atoms with E-state index >= 15 is 0 Å². The van der Waals surface area contributed by atoms with Gasteiger partial charge in [-0.05, 0) is 19.4 Å². The number of fused-ring (bicyclic) bond motifs is 3. The fourth-order valence-electron chi connectivity index (χ4n) is 2.44. The van der Waals surface area contributed by atoms with Crippen molar-refractivity contribution >= 4 is 17.4 Å². The lowest BCUT2D eigenvalue weighted by molar-refractivity contribution is -0.120. The van der Waals surface area contributed by atoms with E-state index in [4.69, 9.17) is 4.42 Å². The third-order valence-corrected chi connectivity index (χ3v) is 3.36. The summed E-state index contributed by atoms with van der Waals surface area (Å²) < 4.78 is 5.83. The molecule has 0 saturated heterocycles. The highest BCUT2D eigenvalue weighted by Crippen LogP contribution is 2.35. The van der Waals surface area contributed by atoms with Crippen LogP contribution in [0.2, 0.25) is 0 Å². The average molecular weight is 215 g/mol. The van der Waals surface area contributed by atoms with Crippen LogP contribution in [0.25, 0.3) is 11.0 Å². The van der Waals surface area contributed by atoms with E-state index in [0.717, 1.165) is 30.7 Å². The summed E-state index contributed by atoms with van der Waals surface area (Å²) in [5.74, 6) is 0.944. The molecule has 2 heterocycles. The van der Waals surface area contributed by atoms with E-state index in [0.29, 0.717) is 0 Å². The number of carbonyl (C=O) groups excluding carboxylic acids is 1. The van der Waals surface area contributed by atoms with Gasteiger partial charge in [-0.15, -0.1) is 0 Å². The van der Waals surface area contributed by atoms with E-state index in [9.17, 15) is 4.79 Å². The Balaban J connectivity index is 2.21. The minimum atomic E-state index is 0.0497. The number of para-hydroxylation sites is 1.